The molecule has 0 fully saturated rings. The Labute approximate surface area is 186 Å². The van der Waals surface area contributed by atoms with Crippen LogP contribution < -0.4 is 10.0 Å². The van der Waals surface area contributed by atoms with Gasteiger partial charge in [-0.1, -0.05) is 42.5 Å². The summed E-state index contributed by atoms with van der Waals surface area (Å²) in [6.07, 6.45) is 5.09. The summed E-state index contributed by atoms with van der Waals surface area (Å²) in [6, 6.07) is 20.6. The van der Waals surface area contributed by atoms with Gasteiger partial charge < -0.3 is 5.32 Å². The van der Waals surface area contributed by atoms with E-state index in [2.05, 4.69) is 22.2 Å². The first-order chi connectivity index (χ1) is 15.4. The van der Waals surface area contributed by atoms with Crippen LogP contribution in [-0.2, 0) is 10.0 Å². The van der Waals surface area contributed by atoms with Crippen LogP contribution in [0, 0.1) is 16.0 Å². The number of hydrogen-bond acceptors (Lipinski definition) is 5. The van der Waals surface area contributed by atoms with Crippen LogP contribution in [0.25, 0.3) is 0 Å². The van der Waals surface area contributed by atoms with Crippen molar-refractivity contribution in [1.29, 1.82) is 0 Å². The summed E-state index contributed by atoms with van der Waals surface area (Å²) < 4.78 is 28.5. The Bertz CT molecular complexity index is 1300. The maximum atomic E-state index is 12.9. The van der Waals surface area contributed by atoms with Gasteiger partial charge in [-0.05, 0) is 53.8 Å². The number of anilines is 2. The number of rotatable bonds is 5. The first-order valence-corrected chi connectivity index (χ1v) is 11.8. The van der Waals surface area contributed by atoms with Gasteiger partial charge in [-0.3, -0.25) is 14.8 Å². The number of nitro groups is 1. The van der Waals surface area contributed by atoms with E-state index in [1.54, 1.807) is 54.6 Å². The summed E-state index contributed by atoms with van der Waals surface area (Å²) in [5.41, 5.74) is 3.37. The molecule has 2 N–H and O–H groups in total. The molecule has 8 heteroatoms. The summed E-state index contributed by atoms with van der Waals surface area (Å²) in [4.78, 5) is 10.8. The van der Waals surface area contributed by atoms with Gasteiger partial charge in [-0.2, -0.15) is 0 Å². The second kappa shape index (κ2) is 7.80. The predicted molar refractivity (Wildman–Crippen MR) is 123 cm³/mol. The van der Waals surface area contributed by atoms with Crippen molar-refractivity contribution in [3.8, 4) is 0 Å². The molecule has 0 bridgehead atoms. The molecule has 3 aromatic rings. The molecule has 7 nitrogen and oxygen atoms in total. The van der Waals surface area contributed by atoms with Crippen molar-refractivity contribution in [2.24, 2.45) is 5.92 Å². The molecular formula is C24H21N3O4S. The highest BCUT2D eigenvalue weighted by atomic mass is 32.2. The summed E-state index contributed by atoms with van der Waals surface area (Å²) in [5.74, 6) is 0.266. The highest BCUT2D eigenvalue weighted by molar-refractivity contribution is 7.92. The van der Waals surface area contributed by atoms with E-state index in [0.717, 1.165) is 23.2 Å². The van der Waals surface area contributed by atoms with E-state index >= 15 is 0 Å². The summed E-state index contributed by atoms with van der Waals surface area (Å²) in [6.45, 7) is 0. The van der Waals surface area contributed by atoms with E-state index < -0.39 is 14.9 Å². The number of sulfonamides is 1. The lowest BCUT2D eigenvalue weighted by Crippen LogP contribution is -2.29. The SMILES string of the molecule is O=[N+]([O-])c1ccc(C2Nc3ccc(S(=O)(=O)Nc4ccccc4)cc3C3C=CCC32)cc1. The van der Waals surface area contributed by atoms with Gasteiger partial charge in [0.05, 0.1) is 15.9 Å². The number of nitrogens with one attached hydrogen (secondary N) is 2. The second-order valence-electron chi connectivity index (χ2n) is 8.04. The van der Waals surface area contributed by atoms with Crippen molar-refractivity contribution >= 4 is 27.1 Å². The minimum absolute atomic E-state index is 0.0202. The van der Waals surface area contributed by atoms with Gasteiger partial charge in [0.2, 0.25) is 0 Å². The molecule has 0 radical (unpaired) electrons. The number of nitro benzene ring substituents is 1. The van der Waals surface area contributed by atoms with Gasteiger partial charge in [-0.15, -0.1) is 0 Å². The number of allylic oxidation sites excluding steroid dienone is 2. The third kappa shape index (κ3) is 3.62. The Morgan fingerprint density at radius 1 is 1.00 bits per heavy atom. The lowest BCUT2D eigenvalue weighted by Gasteiger charge is -2.37. The molecule has 3 aromatic carbocycles. The van der Waals surface area contributed by atoms with Crippen LogP contribution >= 0.6 is 0 Å². The average molecular weight is 448 g/mol. The lowest BCUT2D eigenvalue weighted by molar-refractivity contribution is -0.384. The number of benzene rings is 3. The number of hydrogen-bond donors (Lipinski definition) is 2. The van der Waals surface area contributed by atoms with Crippen LogP contribution in [0.15, 0.2) is 89.8 Å². The Hall–Kier alpha value is -3.65. The van der Waals surface area contributed by atoms with Gasteiger partial charge in [0, 0.05) is 29.4 Å². The molecule has 1 aliphatic carbocycles. The van der Waals surface area contributed by atoms with Gasteiger partial charge >= 0.3 is 0 Å². The monoisotopic (exact) mass is 447 g/mol. The number of fused-ring (bicyclic) bond motifs is 3. The minimum Gasteiger partial charge on any atom is -0.378 e. The molecule has 1 heterocycles. The van der Waals surface area contributed by atoms with Crippen molar-refractivity contribution < 1.29 is 13.3 Å². The molecule has 32 heavy (non-hydrogen) atoms. The van der Waals surface area contributed by atoms with Crippen molar-refractivity contribution in [2.45, 2.75) is 23.3 Å². The average Bonchev–Trinajstić information content (AvgIpc) is 3.29. The molecule has 162 valence electrons. The molecule has 0 amide bonds. The third-order valence-electron chi connectivity index (χ3n) is 6.13. The van der Waals surface area contributed by atoms with Crippen LogP contribution in [-0.4, -0.2) is 13.3 Å². The quantitative estimate of drug-likeness (QED) is 0.317. The summed E-state index contributed by atoms with van der Waals surface area (Å²) >= 11 is 0. The van der Waals surface area contributed by atoms with Gasteiger partial charge in [-0.25, -0.2) is 8.42 Å². The topological polar surface area (TPSA) is 101 Å². The predicted octanol–water partition coefficient (Wildman–Crippen LogP) is 5.22. The fourth-order valence-corrected chi connectivity index (χ4v) is 5.69. The largest absolute Gasteiger partial charge is 0.378 e. The van der Waals surface area contributed by atoms with E-state index in [0.29, 0.717) is 5.69 Å². The van der Waals surface area contributed by atoms with Crippen molar-refractivity contribution in [3.05, 3.63) is 106 Å². The van der Waals surface area contributed by atoms with Crippen LogP contribution in [0.5, 0.6) is 0 Å². The normalized spacial score (nSPS) is 21.3. The van der Waals surface area contributed by atoms with Gasteiger partial charge in [0.15, 0.2) is 0 Å². The van der Waals surface area contributed by atoms with Crippen molar-refractivity contribution in [3.63, 3.8) is 0 Å². The van der Waals surface area contributed by atoms with Crippen LogP contribution in [0.1, 0.15) is 29.5 Å². The van der Waals surface area contributed by atoms with Crippen LogP contribution in [0.4, 0.5) is 17.1 Å². The molecule has 0 saturated carbocycles. The molecule has 2 aliphatic rings. The maximum Gasteiger partial charge on any atom is 0.269 e. The highest BCUT2D eigenvalue weighted by Crippen LogP contribution is 2.50. The first-order valence-electron chi connectivity index (χ1n) is 10.3. The van der Waals surface area contributed by atoms with E-state index in [4.69, 9.17) is 0 Å². The molecule has 1 aliphatic heterocycles. The zero-order valence-electron chi connectivity index (χ0n) is 17.0. The smallest absolute Gasteiger partial charge is 0.269 e. The molecule has 0 saturated heterocycles. The molecular weight excluding hydrogens is 426 g/mol. The second-order valence-corrected chi connectivity index (χ2v) is 9.73. The van der Waals surface area contributed by atoms with Crippen LogP contribution in [0.3, 0.4) is 0 Å². The third-order valence-corrected chi connectivity index (χ3v) is 7.51. The van der Waals surface area contributed by atoms with E-state index in [1.807, 2.05) is 6.07 Å². The number of para-hydroxylation sites is 1. The number of nitrogens with zero attached hydrogens (tertiary/aromatic N) is 1. The molecule has 0 aromatic heterocycles. The summed E-state index contributed by atoms with van der Waals surface area (Å²) in [5, 5.41) is 14.5. The Kier molecular flexibility index (Phi) is 4.94. The van der Waals surface area contributed by atoms with Crippen molar-refractivity contribution in [2.75, 3.05) is 10.0 Å². The Balaban J connectivity index is 1.47. The van der Waals surface area contributed by atoms with Gasteiger partial charge in [0.1, 0.15) is 0 Å². The molecule has 3 atom stereocenters. The minimum atomic E-state index is -3.72. The Morgan fingerprint density at radius 2 is 1.75 bits per heavy atom. The number of non-ortho nitro benzene ring substituents is 1. The van der Waals surface area contributed by atoms with Crippen molar-refractivity contribution in [1.82, 2.24) is 0 Å². The fraction of sp³-hybridized carbons (Fsp3) is 0.167. The lowest BCUT2D eigenvalue weighted by atomic mass is 9.77. The zero-order chi connectivity index (χ0) is 22.3. The van der Waals surface area contributed by atoms with E-state index in [1.165, 1.54) is 12.1 Å². The Morgan fingerprint density at radius 3 is 2.47 bits per heavy atom. The fourth-order valence-electron chi connectivity index (χ4n) is 4.59. The standard InChI is InChI=1S/C24H21N3O4S/c28-27(29)18-11-9-16(10-12-18)24-21-8-4-7-20(21)22-15-19(13-14-23(22)25-24)32(30,31)26-17-5-2-1-3-6-17/h1-7,9-15,20-21,24-26H,8H2. The van der Waals surface area contributed by atoms with Gasteiger partial charge in [0.25, 0.3) is 15.7 Å². The summed E-state index contributed by atoms with van der Waals surface area (Å²) in [7, 11) is -3.72. The zero-order valence-corrected chi connectivity index (χ0v) is 17.8. The van der Waals surface area contributed by atoms with Crippen LogP contribution in [0.2, 0.25) is 0 Å². The maximum absolute atomic E-state index is 12.9. The van der Waals surface area contributed by atoms with E-state index in [9.17, 15) is 18.5 Å². The molecule has 5 rings (SSSR count). The highest BCUT2D eigenvalue weighted by Gasteiger charge is 2.38. The molecule has 3 unspecified atom stereocenters. The first kappa shape index (κ1) is 20.3. The van der Waals surface area contributed by atoms with E-state index in [-0.39, 0.29) is 28.5 Å². The molecule has 0 spiro atoms.